The number of hydrogen-bond acceptors (Lipinski definition) is 10. The van der Waals surface area contributed by atoms with Crippen molar-refractivity contribution in [2.24, 2.45) is 18.4 Å². The SMILES string of the molecule is Cn1c(=O)n(C2CCC(=O)NC2=O)c2cccc(C#CCN3CCN(CC4CCC(n5cc(NC(=O)c6cnn7ccc(N8CCC(C)(C)CC8)nc67)c(C(F)F)n5)CC4)CC3)c21. The molecule has 1 aliphatic carbocycles. The largest absolute Gasteiger partial charge is 0.356 e. The van der Waals surface area contributed by atoms with Crippen molar-refractivity contribution in [1.82, 2.24) is 48.6 Å². The van der Waals surface area contributed by atoms with Gasteiger partial charge in [-0.3, -0.25) is 38.4 Å². The minimum atomic E-state index is -2.86. The maximum atomic E-state index is 14.3. The minimum absolute atomic E-state index is 0.00000915. The zero-order valence-corrected chi connectivity index (χ0v) is 36.0. The highest BCUT2D eigenvalue weighted by Gasteiger charge is 2.33. The summed E-state index contributed by atoms with van der Waals surface area (Å²) in [6.45, 7) is 11.4. The standard InChI is InChI=1S/C45H54F2N12O4/c1-45(2)16-20-56(21-17-45)36-15-19-57-41(50-36)32(26-48-57)42(61)49-33-28-58(52-38(33)40(46)47)31-11-9-29(10-12-31)27-55-24-22-54(23-25-55)18-5-7-30-6-4-8-34-39(30)53(3)44(63)59(34)35-13-14-37(60)51-43(35)62/h4,6,8,15,19,26,28-29,31,35,40H,9-14,16-18,20-25,27H2,1-3H3,(H,49,61)(H,51,60,62). The van der Waals surface area contributed by atoms with E-state index in [1.54, 1.807) is 24.1 Å². The first-order valence-electron chi connectivity index (χ1n) is 22.1. The molecule has 0 radical (unpaired) electrons. The van der Waals surface area contributed by atoms with Crippen LogP contribution in [-0.2, 0) is 16.6 Å². The summed E-state index contributed by atoms with van der Waals surface area (Å²) in [6.07, 6.45) is 7.92. The number of carbonyl (C=O) groups excluding carboxylic acids is 3. The predicted octanol–water partition coefficient (Wildman–Crippen LogP) is 4.77. The van der Waals surface area contributed by atoms with E-state index in [-0.39, 0.29) is 47.1 Å². The van der Waals surface area contributed by atoms with Crippen molar-refractivity contribution in [3.63, 3.8) is 0 Å². The Morgan fingerprint density at radius 3 is 2.46 bits per heavy atom. The van der Waals surface area contributed by atoms with E-state index in [9.17, 15) is 28.0 Å². The number of piperidine rings is 2. The molecule has 1 atom stereocenters. The van der Waals surface area contributed by atoms with Crippen molar-refractivity contribution < 1.29 is 23.2 Å². The second-order valence-corrected chi connectivity index (χ2v) is 18.3. The van der Waals surface area contributed by atoms with Gasteiger partial charge in [-0.05, 0) is 74.5 Å². The topological polar surface area (TPSA) is 160 Å². The summed E-state index contributed by atoms with van der Waals surface area (Å²) < 4.78 is 34.8. The summed E-state index contributed by atoms with van der Waals surface area (Å²) in [5.41, 5.74) is 2.08. The van der Waals surface area contributed by atoms with E-state index < -0.39 is 30.0 Å². The lowest BCUT2D eigenvalue weighted by Gasteiger charge is -2.37. The Morgan fingerprint density at radius 2 is 1.73 bits per heavy atom. The number of imidazole rings is 1. The van der Waals surface area contributed by atoms with Gasteiger partial charge in [0.05, 0.1) is 41.1 Å². The summed E-state index contributed by atoms with van der Waals surface area (Å²) >= 11 is 0. The Bertz CT molecular complexity index is 2660. The Kier molecular flexibility index (Phi) is 11.7. The Balaban J connectivity index is 0.767. The van der Waals surface area contributed by atoms with Crippen LogP contribution in [0.15, 0.2) is 47.7 Å². The molecule has 16 nitrogen and oxygen atoms in total. The zero-order valence-electron chi connectivity index (χ0n) is 36.0. The molecule has 4 aromatic heterocycles. The first kappa shape index (κ1) is 42.4. The Labute approximate surface area is 363 Å². The number of nitrogens with zero attached hydrogens (tertiary/aromatic N) is 10. The molecule has 2 N–H and O–H groups in total. The number of halogens is 2. The van der Waals surface area contributed by atoms with E-state index in [4.69, 9.17) is 4.98 Å². The third-order valence-electron chi connectivity index (χ3n) is 13.6. The summed E-state index contributed by atoms with van der Waals surface area (Å²) in [6, 6.07) is 6.62. The van der Waals surface area contributed by atoms with E-state index in [0.717, 1.165) is 90.2 Å². The summed E-state index contributed by atoms with van der Waals surface area (Å²) in [5, 5.41) is 13.7. The number of aromatic nitrogens is 7. The van der Waals surface area contributed by atoms with Crippen LogP contribution in [0.1, 0.15) is 105 Å². The van der Waals surface area contributed by atoms with Gasteiger partial charge in [0.15, 0.2) is 11.3 Å². The van der Waals surface area contributed by atoms with Crippen molar-refractivity contribution in [2.45, 2.75) is 83.7 Å². The minimum Gasteiger partial charge on any atom is -0.356 e. The van der Waals surface area contributed by atoms with Gasteiger partial charge in [-0.15, -0.1) is 0 Å². The second kappa shape index (κ2) is 17.3. The first-order chi connectivity index (χ1) is 30.3. The van der Waals surface area contributed by atoms with Crippen molar-refractivity contribution >= 4 is 45.9 Å². The maximum absolute atomic E-state index is 14.3. The van der Waals surface area contributed by atoms with E-state index >= 15 is 0 Å². The van der Waals surface area contributed by atoms with Crippen molar-refractivity contribution in [3.05, 3.63) is 70.2 Å². The van der Waals surface area contributed by atoms with Crippen molar-refractivity contribution in [3.8, 4) is 11.8 Å². The van der Waals surface area contributed by atoms with Gasteiger partial charge in [0.25, 0.3) is 12.3 Å². The van der Waals surface area contributed by atoms with Crippen LogP contribution in [-0.4, -0.2) is 113 Å². The number of fused-ring (bicyclic) bond motifs is 2. The fourth-order valence-corrected chi connectivity index (χ4v) is 9.68. The molecule has 3 amide bonds. The molecule has 0 bridgehead atoms. The van der Waals surface area contributed by atoms with Gasteiger partial charge in [-0.1, -0.05) is 31.8 Å². The van der Waals surface area contributed by atoms with Crippen LogP contribution in [0.3, 0.4) is 0 Å². The lowest BCUT2D eigenvalue weighted by Crippen LogP contribution is -2.48. The number of amides is 3. The molecule has 4 fully saturated rings. The third kappa shape index (κ3) is 8.72. The predicted molar refractivity (Wildman–Crippen MR) is 233 cm³/mol. The molecule has 332 valence electrons. The van der Waals surface area contributed by atoms with Crippen LogP contribution in [0, 0.1) is 23.2 Å². The number of carbonyl (C=O) groups is 3. The number of para-hydroxylation sites is 1. The van der Waals surface area contributed by atoms with Gasteiger partial charge in [-0.2, -0.15) is 10.2 Å². The molecule has 18 heteroatoms. The number of anilines is 2. The lowest BCUT2D eigenvalue weighted by molar-refractivity contribution is -0.135. The van der Waals surface area contributed by atoms with Crippen molar-refractivity contribution in [1.29, 1.82) is 0 Å². The molecule has 1 saturated carbocycles. The number of alkyl halides is 2. The molecule has 4 aliphatic rings. The fourth-order valence-electron chi connectivity index (χ4n) is 9.68. The molecule has 1 unspecified atom stereocenters. The van der Waals surface area contributed by atoms with E-state index in [0.29, 0.717) is 34.7 Å². The number of nitrogens with one attached hydrogen (secondary N) is 2. The van der Waals surface area contributed by atoms with Crippen LogP contribution in [0.25, 0.3) is 16.7 Å². The second-order valence-electron chi connectivity index (χ2n) is 18.3. The van der Waals surface area contributed by atoms with Gasteiger partial charge < -0.3 is 15.1 Å². The highest BCUT2D eigenvalue weighted by molar-refractivity contribution is 6.08. The average molecular weight is 865 g/mol. The third-order valence-corrected chi connectivity index (χ3v) is 13.6. The molecule has 5 aromatic rings. The quantitative estimate of drug-likeness (QED) is 0.156. The number of aryl methyl sites for hydroxylation is 1. The molecular weight excluding hydrogens is 811 g/mol. The molecule has 63 heavy (non-hydrogen) atoms. The summed E-state index contributed by atoms with van der Waals surface area (Å²) in [7, 11) is 1.68. The molecule has 1 aromatic carbocycles. The molecule has 3 aliphatic heterocycles. The van der Waals surface area contributed by atoms with E-state index in [2.05, 4.69) is 61.2 Å². The summed E-state index contributed by atoms with van der Waals surface area (Å²) in [5.74, 6) is 6.47. The molecule has 7 heterocycles. The maximum Gasteiger partial charge on any atom is 0.329 e. The number of benzene rings is 1. The highest BCUT2D eigenvalue weighted by Crippen LogP contribution is 2.36. The Hall–Kier alpha value is -5.93. The summed E-state index contributed by atoms with van der Waals surface area (Å²) in [4.78, 5) is 63.0. The van der Waals surface area contributed by atoms with Crippen LogP contribution in [0.2, 0.25) is 0 Å². The fraction of sp³-hybridized carbons (Fsp3) is 0.533. The number of piperazine rings is 1. The monoisotopic (exact) mass is 864 g/mol. The lowest BCUT2D eigenvalue weighted by atomic mass is 9.83. The Morgan fingerprint density at radius 1 is 0.984 bits per heavy atom. The van der Waals surface area contributed by atoms with Crippen LogP contribution in [0.5, 0.6) is 0 Å². The number of hydrogen-bond donors (Lipinski definition) is 2. The molecular formula is C45H54F2N12O4. The molecule has 9 rings (SSSR count). The molecule has 0 spiro atoms. The number of rotatable bonds is 9. The van der Waals surface area contributed by atoms with Gasteiger partial charge >= 0.3 is 5.69 Å². The first-order valence-corrected chi connectivity index (χ1v) is 22.1. The highest BCUT2D eigenvalue weighted by atomic mass is 19.3. The smallest absolute Gasteiger partial charge is 0.329 e. The van der Waals surface area contributed by atoms with Gasteiger partial charge in [0, 0.05) is 71.7 Å². The van der Waals surface area contributed by atoms with E-state index in [1.807, 2.05) is 24.3 Å². The van der Waals surface area contributed by atoms with Crippen LogP contribution < -0.4 is 21.2 Å². The van der Waals surface area contributed by atoms with Gasteiger partial charge in [0.1, 0.15) is 17.4 Å². The van der Waals surface area contributed by atoms with Crippen LogP contribution in [0.4, 0.5) is 20.3 Å². The normalized spacial score (nSPS) is 22.4. The van der Waals surface area contributed by atoms with Crippen LogP contribution >= 0.6 is 0 Å². The van der Waals surface area contributed by atoms with Gasteiger partial charge in [0.2, 0.25) is 11.8 Å². The molecule has 3 saturated heterocycles. The van der Waals surface area contributed by atoms with Gasteiger partial charge in [-0.25, -0.2) is 23.1 Å². The number of imide groups is 1. The van der Waals surface area contributed by atoms with E-state index in [1.165, 1.54) is 19.8 Å². The van der Waals surface area contributed by atoms with Crippen molar-refractivity contribution in [2.75, 3.05) is 62.6 Å². The average Bonchev–Trinajstić information content (AvgIpc) is 3.96. The zero-order chi connectivity index (χ0) is 44.0.